The number of nitrogens with zero attached hydrogens (tertiary/aromatic N) is 3. The summed E-state index contributed by atoms with van der Waals surface area (Å²) in [6.07, 6.45) is 40.7. The average Bonchev–Trinajstić information content (AvgIpc) is 3.33. The summed E-state index contributed by atoms with van der Waals surface area (Å²) in [5, 5.41) is 0. The third-order valence-electron chi connectivity index (χ3n) is 17.0. The van der Waals surface area contributed by atoms with Gasteiger partial charge in [-0.3, -0.25) is 9.98 Å². The Kier molecular flexibility index (Phi) is 20.0. The summed E-state index contributed by atoms with van der Waals surface area (Å²) in [5.74, 6) is 3.96. The summed E-state index contributed by atoms with van der Waals surface area (Å²) in [6.45, 7) is 6.78. The molecule has 3 aromatic rings. The number of halogens is 2. The molecular weight excluding hydrogens is 865 g/mol. The first-order valence-electron chi connectivity index (χ1n) is 26.4. The predicted octanol–water partition coefficient (Wildman–Crippen LogP) is 12.0. The fourth-order valence-corrected chi connectivity index (χ4v) is 13.4. The molecule has 0 N–H and O–H groups in total. The SMILES string of the molecule is CC(=Nc1c(C2CCCCC2)cc(C2CCCCC2)cc1C1CCCCC1)c1cc(C)cc(C(C)=Nc2c(C3CCCCC3)cc(C3CCCCC3)cc2C2CCCCC2)n1.[Cl-].[Cl-].[Fe+2]. The van der Waals surface area contributed by atoms with Crippen LogP contribution in [0.15, 0.2) is 46.4 Å². The monoisotopic (exact) mass is 946 g/mol. The van der Waals surface area contributed by atoms with Crippen molar-refractivity contribution in [3.63, 3.8) is 0 Å². The number of hydrogen-bond acceptors (Lipinski definition) is 3. The van der Waals surface area contributed by atoms with Crippen LogP contribution < -0.4 is 24.8 Å². The van der Waals surface area contributed by atoms with Crippen molar-refractivity contribution in [2.24, 2.45) is 9.98 Å². The normalized spacial score (nSPS) is 22.0. The first kappa shape index (κ1) is 51.4. The van der Waals surface area contributed by atoms with Crippen LogP contribution in [0.1, 0.15) is 292 Å². The molecule has 6 aliphatic rings. The molecule has 9 rings (SSSR count). The van der Waals surface area contributed by atoms with Crippen LogP contribution in [-0.2, 0) is 17.1 Å². The topological polar surface area (TPSA) is 37.6 Å². The Balaban J connectivity index is 0.00000227. The molecule has 0 atom stereocenters. The van der Waals surface area contributed by atoms with Crippen molar-refractivity contribution in [2.75, 3.05) is 0 Å². The zero-order valence-corrected chi connectivity index (χ0v) is 42.7. The van der Waals surface area contributed by atoms with Gasteiger partial charge in [-0.1, -0.05) is 140 Å². The quantitative estimate of drug-likeness (QED) is 0.147. The average molecular weight is 947 g/mol. The molecule has 0 aliphatic heterocycles. The van der Waals surface area contributed by atoms with Crippen molar-refractivity contribution in [3.8, 4) is 0 Å². The van der Waals surface area contributed by atoms with Crippen LogP contribution in [0.3, 0.4) is 0 Å². The number of rotatable bonds is 10. The molecule has 2 aromatic carbocycles. The zero-order valence-electron chi connectivity index (χ0n) is 40.1. The summed E-state index contributed by atoms with van der Waals surface area (Å²) in [6, 6.07) is 15.3. The Morgan fingerprint density at radius 2 is 0.609 bits per heavy atom. The van der Waals surface area contributed by atoms with Gasteiger partial charge in [-0.2, -0.15) is 0 Å². The van der Waals surface area contributed by atoms with Crippen molar-refractivity contribution in [2.45, 2.75) is 249 Å². The summed E-state index contributed by atoms with van der Waals surface area (Å²) < 4.78 is 0. The van der Waals surface area contributed by atoms with E-state index in [4.69, 9.17) is 15.0 Å². The number of aliphatic imine (C=N–C) groups is 2. The van der Waals surface area contributed by atoms with Gasteiger partial charge in [0.05, 0.1) is 34.2 Å². The molecule has 3 nitrogen and oxygen atoms in total. The number of pyridine rings is 1. The maximum atomic E-state index is 5.81. The molecule has 350 valence electrons. The second-order valence-electron chi connectivity index (χ2n) is 21.4. The minimum absolute atomic E-state index is 0. The molecule has 0 radical (unpaired) electrons. The Hall–Kier alpha value is -1.97. The summed E-state index contributed by atoms with van der Waals surface area (Å²) in [7, 11) is 0. The van der Waals surface area contributed by atoms with E-state index >= 15 is 0 Å². The maximum Gasteiger partial charge on any atom is 2.00 e. The smallest absolute Gasteiger partial charge is 1.00 e. The molecule has 0 saturated heterocycles. The molecule has 1 aromatic heterocycles. The van der Waals surface area contributed by atoms with E-state index in [0.717, 1.165) is 34.6 Å². The van der Waals surface area contributed by atoms with Gasteiger partial charge in [0.25, 0.3) is 0 Å². The fourth-order valence-electron chi connectivity index (χ4n) is 13.4. The van der Waals surface area contributed by atoms with Gasteiger partial charge in [0, 0.05) is 0 Å². The standard InChI is InChI=1S/C58H81N3.2ClH.Fe/c1-40-34-55(41(2)59-57-51(45-26-14-6-15-27-45)36-49(43-22-10-4-11-23-43)37-52(57)46-28-16-7-17-29-46)61-56(35-40)42(3)60-58-53(47-30-18-8-19-31-47)38-50(44-24-12-5-13-25-44)39-54(58)48-32-20-9-21-33-48;;;/h34-39,43-48H,4-33H2,1-3H3;2*1H;/q;;;+2/p-2. The molecule has 0 unspecified atom stereocenters. The molecule has 0 spiro atoms. The molecular formula is C58H81Cl2FeN3. The fraction of sp³-hybridized carbons (Fsp3) is 0.672. The summed E-state index contributed by atoms with van der Waals surface area (Å²) in [4.78, 5) is 17.1. The number of hydrogen-bond donors (Lipinski definition) is 0. The molecule has 6 saturated carbocycles. The second kappa shape index (κ2) is 24.9. The van der Waals surface area contributed by atoms with Crippen molar-refractivity contribution in [1.82, 2.24) is 4.98 Å². The van der Waals surface area contributed by atoms with Gasteiger partial charge in [-0.25, -0.2) is 4.98 Å². The van der Waals surface area contributed by atoms with E-state index in [9.17, 15) is 0 Å². The molecule has 6 aliphatic carbocycles. The number of aromatic nitrogens is 1. The van der Waals surface area contributed by atoms with E-state index < -0.39 is 0 Å². The third-order valence-corrected chi connectivity index (χ3v) is 17.0. The van der Waals surface area contributed by atoms with Gasteiger partial charge in [0.15, 0.2) is 0 Å². The van der Waals surface area contributed by atoms with Crippen LogP contribution in [0.25, 0.3) is 0 Å². The van der Waals surface area contributed by atoms with Crippen LogP contribution in [0.5, 0.6) is 0 Å². The minimum atomic E-state index is 0. The first-order chi connectivity index (χ1) is 30.0. The summed E-state index contributed by atoms with van der Waals surface area (Å²) in [5.41, 5.74) is 17.7. The third kappa shape index (κ3) is 12.4. The Labute approximate surface area is 412 Å². The van der Waals surface area contributed by atoms with E-state index in [1.807, 2.05) is 0 Å². The Morgan fingerprint density at radius 1 is 0.375 bits per heavy atom. The Morgan fingerprint density at radius 3 is 0.859 bits per heavy atom. The molecule has 6 fully saturated rings. The van der Waals surface area contributed by atoms with Gasteiger partial charge in [-0.05, 0) is 184 Å². The van der Waals surface area contributed by atoms with Gasteiger partial charge >= 0.3 is 17.1 Å². The van der Waals surface area contributed by atoms with Gasteiger partial charge in [0.1, 0.15) is 0 Å². The second-order valence-corrected chi connectivity index (χ2v) is 21.4. The van der Waals surface area contributed by atoms with Crippen LogP contribution in [0.2, 0.25) is 0 Å². The van der Waals surface area contributed by atoms with E-state index in [2.05, 4.69) is 57.2 Å². The molecule has 0 bridgehead atoms. The van der Waals surface area contributed by atoms with Gasteiger partial charge in [-0.15, -0.1) is 0 Å². The van der Waals surface area contributed by atoms with E-state index in [0.29, 0.717) is 23.7 Å². The van der Waals surface area contributed by atoms with Crippen LogP contribution in [0, 0.1) is 6.92 Å². The molecule has 0 amide bonds. The number of benzene rings is 2. The molecule has 1 heterocycles. The number of aryl methyl sites for hydroxylation is 1. The largest absolute Gasteiger partial charge is 2.00 e. The van der Waals surface area contributed by atoms with Crippen molar-refractivity contribution < 1.29 is 41.9 Å². The summed E-state index contributed by atoms with van der Waals surface area (Å²) >= 11 is 0. The zero-order chi connectivity index (χ0) is 41.5. The van der Waals surface area contributed by atoms with E-state index in [-0.39, 0.29) is 41.9 Å². The Bertz CT molecular complexity index is 1780. The molecule has 6 heteroatoms. The van der Waals surface area contributed by atoms with Crippen molar-refractivity contribution >= 4 is 22.8 Å². The van der Waals surface area contributed by atoms with Crippen LogP contribution >= 0.6 is 0 Å². The molecule has 64 heavy (non-hydrogen) atoms. The van der Waals surface area contributed by atoms with E-state index in [1.165, 1.54) is 210 Å². The van der Waals surface area contributed by atoms with Crippen molar-refractivity contribution in [1.29, 1.82) is 0 Å². The van der Waals surface area contributed by atoms with Crippen molar-refractivity contribution in [3.05, 3.63) is 86.7 Å². The predicted molar refractivity (Wildman–Crippen MR) is 261 cm³/mol. The first-order valence-corrected chi connectivity index (χ1v) is 26.4. The van der Waals surface area contributed by atoms with Crippen LogP contribution in [0.4, 0.5) is 11.4 Å². The van der Waals surface area contributed by atoms with E-state index in [1.54, 1.807) is 33.4 Å². The van der Waals surface area contributed by atoms with Gasteiger partial charge in [0.2, 0.25) is 0 Å². The maximum absolute atomic E-state index is 5.81. The van der Waals surface area contributed by atoms with Crippen LogP contribution in [-0.4, -0.2) is 16.4 Å². The van der Waals surface area contributed by atoms with Gasteiger partial charge < -0.3 is 24.8 Å². The minimum Gasteiger partial charge on any atom is -1.00 e.